The van der Waals surface area contributed by atoms with Gasteiger partial charge in [0.25, 0.3) is 0 Å². The third-order valence-electron chi connectivity index (χ3n) is 1.27. The first-order valence-corrected chi connectivity index (χ1v) is 7.12. The minimum atomic E-state index is -4.47. The molecule has 0 N–H and O–H groups in total. The van der Waals surface area contributed by atoms with Gasteiger partial charge in [0, 0.05) is 0 Å². The first-order chi connectivity index (χ1) is 8.45. The highest BCUT2D eigenvalue weighted by Crippen LogP contribution is 1.85. The average Bonchev–Trinajstić information content (AvgIpc) is 2.32. The van der Waals surface area contributed by atoms with Gasteiger partial charge in [0.15, 0.2) is 0 Å². The van der Waals surface area contributed by atoms with Gasteiger partial charge in [-0.25, -0.2) is 8.42 Å². The molecule has 18 heavy (non-hydrogen) atoms. The van der Waals surface area contributed by atoms with E-state index in [1.807, 2.05) is 50.2 Å². The van der Waals surface area contributed by atoms with E-state index >= 15 is 0 Å². The zero-order valence-corrected chi connectivity index (χ0v) is 11.6. The second kappa shape index (κ2) is 12.1. The molecule has 5 nitrogen and oxygen atoms in total. The Hall–Kier alpha value is -1.40. The Morgan fingerprint density at radius 3 is 1.61 bits per heavy atom. The number of hydrogen-bond acceptors (Lipinski definition) is 5. The van der Waals surface area contributed by atoms with E-state index in [-0.39, 0.29) is 6.61 Å². The van der Waals surface area contributed by atoms with Crippen LogP contribution in [0.3, 0.4) is 0 Å². The lowest BCUT2D eigenvalue weighted by atomic mass is 10.4. The van der Waals surface area contributed by atoms with Crippen LogP contribution in [0.1, 0.15) is 20.8 Å². The molecule has 0 fully saturated rings. The van der Waals surface area contributed by atoms with Crippen molar-refractivity contribution in [3.05, 3.63) is 36.4 Å². The minimum absolute atomic E-state index is 0.0777. The topological polar surface area (TPSA) is 83.5 Å². The van der Waals surface area contributed by atoms with Gasteiger partial charge in [-0.05, 0) is 6.92 Å². The average molecular weight is 275 g/mol. The molecule has 0 amide bonds. The van der Waals surface area contributed by atoms with Crippen molar-refractivity contribution in [2.45, 2.75) is 20.8 Å². The number of carbonyl (C=O) groups is 1. The normalized spacial score (nSPS) is 9.11. The van der Waals surface area contributed by atoms with Gasteiger partial charge < -0.3 is 9.29 Å². The van der Waals surface area contributed by atoms with Crippen molar-refractivity contribution in [2.75, 3.05) is 12.4 Å². The molecule has 1 rings (SSSR count). The van der Waals surface area contributed by atoms with Gasteiger partial charge in [-0.1, -0.05) is 50.2 Å². The zero-order valence-electron chi connectivity index (χ0n) is 10.8. The molecule has 0 spiro atoms. The number of rotatable bonds is 3. The van der Waals surface area contributed by atoms with Crippen molar-refractivity contribution in [3.63, 3.8) is 0 Å². The molecule has 0 aliphatic heterocycles. The summed E-state index contributed by atoms with van der Waals surface area (Å²) in [5.41, 5.74) is 0. The van der Waals surface area contributed by atoms with E-state index < -0.39 is 21.8 Å². The molecule has 0 heterocycles. The molecular formula is C12H19O5S-. The summed E-state index contributed by atoms with van der Waals surface area (Å²) in [6.07, 6.45) is 0. The lowest BCUT2D eigenvalue weighted by Gasteiger charge is -2.04. The largest absolute Gasteiger partial charge is 0.748 e. The van der Waals surface area contributed by atoms with E-state index in [2.05, 4.69) is 4.74 Å². The van der Waals surface area contributed by atoms with Crippen molar-refractivity contribution >= 4 is 16.1 Å². The quantitative estimate of drug-likeness (QED) is 0.620. The number of esters is 1. The molecule has 1 aromatic rings. The summed E-state index contributed by atoms with van der Waals surface area (Å²) in [7, 11) is -4.47. The first kappa shape index (κ1) is 19.0. The van der Waals surface area contributed by atoms with Crippen LogP contribution in [0, 0.1) is 0 Å². The zero-order chi connectivity index (χ0) is 14.4. The molecule has 6 heteroatoms. The second-order valence-electron chi connectivity index (χ2n) is 2.66. The summed E-state index contributed by atoms with van der Waals surface area (Å²) < 4.78 is 33.8. The molecule has 0 aliphatic carbocycles. The van der Waals surface area contributed by atoms with Crippen LogP contribution in [0.2, 0.25) is 0 Å². The highest BCUT2D eigenvalue weighted by molar-refractivity contribution is 7.86. The molecule has 1 aromatic carbocycles. The summed E-state index contributed by atoms with van der Waals surface area (Å²) in [6, 6.07) is 12.0. The smallest absolute Gasteiger partial charge is 0.319 e. The van der Waals surface area contributed by atoms with Gasteiger partial charge in [0.05, 0.1) is 6.61 Å². The Kier molecular flexibility index (Phi) is 12.7. The van der Waals surface area contributed by atoms with Crippen molar-refractivity contribution < 1.29 is 22.5 Å². The molecule has 0 aromatic heterocycles. The van der Waals surface area contributed by atoms with Crippen LogP contribution in [0.25, 0.3) is 0 Å². The molecule has 0 saturated heterocycles. The maximum absolute atomic E-state index is 10.3. The Labute approximate surface area is 109 Å². The fourth-order valence-corrected chi connectivity index (χ4v) is 1.10. The first-order valence-electron chi connectivity index (χ1n) is 5.55. The molecule has 0 aliphatic rings. The maximum atomic E-state index is 10.3. The summed E-state index contributed by atoms with van der Waals surface area (Å²) >= 11 is 0. The number of benzene rings is 1. The molecular weight excluding hydrogens is 256 g/mol. The van der Waals surface area contributed by atoms with E-state index in [0.29, 0.717) is 0 Å². The molecule has 0 unspecified atom stereocenters. The Morgan fingerprint density at radius 2 is 1.39 bits per heavy atom. The van der Waals surface area contributed by atoms with Crippen molar-refractivity contribution in [1.82, 2.24) is 0 Å². The summed E-state index contributed by atoms with van der Waals surface area (Å²) in [5, 5.41) is 0. The SMILES string of the molecule is CC.CCOC(=O)CS(=O)(=O)[O-].c1ccccc1. The van der Waals surface area contributed by atoms with Crippen LogP contribution in [0.5, 0.6) is 0 Å². The number of ether oxygens (including phenoxy) is 1. The number of carbonyl (C=O) groups excluding carboxylic acids is 1. The van der Waals surface area contributed by atoms with E-state index in [1.165, 1.54) is 6.92 Å². The van der Waals surface area contributed by atoms with Gasteiger partial charge in [0.1, 0.15) is 15.9 Å². The fourth-order valence-electron chi connectivity index (χ4n) is 0.732. The molecule has 0 atom stereocenters. The lowest BCUT2D eigenvalue weighted by Crippen LogP contribution is -2.17. The van der Waals surface area contributed by atoms with Crippen LogP contribution in [-0.4, -0.2) is 31.3 Å². The van der Waals surface area contributed by atoms with Crippen LogP contribution in [0.4, 0.5) is 0 Å². The van der Waals surface area contributed by atoms with E-state index in [1.54, 1.807) is 0 Å². The minimum Gasteiger partial charge on any atom is -0.748 e. The van der Waals surface area contributed by atoms with Gasteiger partial charge in [-0.2, -0.15) is 0 Å². The Morgan fingerprint density at radius 1 is 1.06 bits per heavy atom. The molecule has 0 bridgehead atoms. The van der Waals surface area contributed by atoms with E-state index in [0.717, 1.165) is 0 Å². The van der Waals surface area contributed by atoms with Crippen LogP contribution in [0.15, 0.2) is 36.4 Å². The predicted octanol–water partition coefficient (Wildman–Crippen LogP) is 1.81. The standard InChI is InChI=1S/C6H6.C4H8O5S.C2H6/c1-2-4-6-5-3-1;1-2-9-4(5)3-10(6,7)8;1-2/h1-6H;2-3H2,1H3,(H,6,7,8);1-2H3/p-1. The van der Waals surface area contributed by atoms with Crippen LogP contribution in [-0.2, 0) is 19.6 Å². The molecule has 0 saturated carbocycles. The highest BCUT2D eigenvalue weighted by atomic mass is 32.2. The Balaban J connectivity index is 0. The van der Waals surface area contributed by atoms with Crippen LogP contribution >= 0.6 is 0 Å². The Bertz CT molecular complexity index is 359. The second-order valence-corrected chi connectivity index (χ2v) is 4.07. The lowest BCUT2D eigenvalue weighted by molar-refractivity contribution is -0.140. The number of hydrogen-bond donors (Lipinski definition) is 0. The summed E-state index contributed by atoms with van der Waals surface area (Å²) in [5.74, 6) is -2.08. The molecule has 104 valence electrons. The summed E-state index contributed by atoms with van der Waals surface area (Å²) in [6.45, 7) is 5.60. The molecule has 0 radical (unpaired) electrons. The third-order valence-corrected chi connectivity index (χ3v) is 1.86. The van der Waals surface area contributed by atoms with E-state index in [4.69, 9.17) is 0 Å². The van der Waals surface area contributed by atoms with Crippen LogP contribution < -0.4 is 0 Å². The van der Waals surface area contributed by atoms with Gasteiger partial charge >= 0.3 is 5.97 Å². The van der Waals surface area contributed by atoms with Crippen molar-refractivity contribution in [2.24, 2.45) is 0 Å². The van der Waals surface area contributed by atoms with Gasteiger partial charge in [-0.3, -0.25) is 4.79 Å². The maximum Gasteiger partial charge on any atom is 0.319 e. The monoisotopic (exact) mass is 275 g/mol. The van der Waals surface area contributed by atoms with Crippen molar-refractivity contribution in [3.8, 4) is 0 Å². The third kappa shape index (κ3) is 17.0. The van der Waals surface area contributed by atoms with Gasteiger partial charge in [-0.15, -0.1) is 0 Å². The predicted molar refractivity (Wildman–Crippen MR) is 69.0 cm³/mol. The van der Waals surface area contributed by atoms with Gasteiger partial charge in [0.2, 0.25) is 0 Å². The highest BCUT2D eigenvalue weighted by Gasteiger charge is 2.05. The van der Waals surface area contributed by atoms with E-state index in [9.17, 15) is 17.8 Å². The fraction of sp³-hybridized carbons (Fsp3) is 0.417. The summed E-state index contributed by atoms with van der Waals surface area (Å²) in [4.78, 5) is 10.3. The van der Waals surface area contributed by atoms with Crippen molar-refractivity contribution in [1.29, 1.82) is 0 Å².